The van der Waals surface area contributed by atoms with Crippen LogP contribution in [0.4, 0.5) is 0 Å². The zero-order valence-corrected chi connectivity index (χ0v) is 10.4. The van der Waals surface area contributed by atoms with Gasteiger partial charge in [0.05, 0.1) is 5.01 Å². The fourth-order valence-electron chi connectivity index (χ4n) is 1.17. The van der Waals surface area contributed by atoms with Crippen molar-refractivity contribution in [2.45, 2.75) is 26.4 Å². The summed E-state index contributed by atoms with van der Waals surface area (Å²) < 4.78 is 10.9. The molecule has 0 aromatic carbocycles. The van der Waals surface area contributed by atoms with E-state index in [1.54, 1.807) is 17.6 Å². The minimum atomic E-state index is -0.723. The lowest BCUT2D eigenvalue weighted by molar-refractivity contribution is 0.591. The van der Waals surface area contributed by atoms with Gasteiger partial charge in [0.2, 0.25) is 0 Å². The van der Waals surface area contributed by atoms with Crippen LogP contribution in [0.15, 0.2) is 6.20 Å². The van der Waals surface area contributed by atoms with E-state index in [2.05, 4.69) is 17.2 Å². The van der Waals surface area contributed by atoms with E-state index in [1.165, 1.54) is 4.88 Å². The summed E-state index contributed by atoms with van der Waals surface area (Å²) in [5.41, 5.74) is 0. The van der Waals surface area contributed by atoms with Gasteiger partial charge in [-0.1, -0.05) is 0 Å². The molecule has 0 radical (unpaired) electrons. The first-order valence-corrected chi connectivity index (χ1v) is 7.07. The highest BCUT2D eigenvalue weighted by Crippen LogP contribution is 2.10. The van der Waals surface area contributed by atoms with Crippen LogP contribution in [-0.4, -0.2) is 27.2 Å². The molecular formula is C9H16N2OS2. The molecule has 1 N–H and O–H groups in total. The molecule has 3 nitrogen and oxygen atoms in total. The Bertz CT molecular complexity index is 312. The lowest BCUT2D eigenvalue weighted by Crippen LogP contribution is -2.30. The molecule has 0 saturated heterocycles. The Morgan fingerprint density at radius 2 is 2.43 bits per heavy atom. The molecular weight excluding hydrogens is 216 g/mol. The molecule has 0 aliphatic rings. The quantitative estimate of drug-likeness (QED) is 0.832. The van der Waals surface area contributed by atoms with E-state index in [4.69, 9.17) is 0 Å². The highest BCUT2D eigenvalue weighted by Gasteiger charge is 2.04. The summed E-state index contributed by atoms with van der Waals surface area (Å²) in [6, 6.07) is 0.295. The number of aromatic nitrogens is 1. The molecule has 80 valence electrons. The number of hydrogen-bond donors (Lipinski definition) is 1. The summed E-state index contributed by atoms with van der Waals surface area (Å²) in [7, 11) is -0.723. The summed E-state index contributed by atoms with van der Waals surface area (Å²) >= 11 is 1.70. The standard InChI is InChI=1S/C9H16N2OS2/c1-7(6-14(3)12)10-4-9-5-11-8(2)13-9/h5,7,10H,4,6H2,1-3H3. The molecule has 2 atom stereocenters. The van der Waals surface area contributed by atoms with E-state index in [1.807, 2.05) is 13.1 Å². The van der Waals surface area contributed by atoms with E-state index in [9.17, 15) is 4.21 Å². The van der Waals surface area contributed by atoms with Crippen LogP contribution < -0.4 is 5.32 Å². The third-order valence-electron chi connectivity index (χ3n) is 1.78. The Labute approximate surface area is 91.4 Å². The number of nitrogens with zero attached hydrogens (tertiary/aromatic N) is 1. The molecule has 1 rings (SSSR count). The van der Waals surface area contributed by atoms with E-state index in [-0.39, 0.29) is 0 Å². The molecule has 0 spiro atoms. The Kier molecular flexibility index (Phi) is 4.71. The second-order valence-corrected chi connectivity index (χ2v) is 6.17. The van der Waals surface area contributed by atoms with Crippen molar-refractivity contribution in [3.05, 3.63) is 16.1 Å². The Morgan fingerprint density at radius 1 is 1.71 bits per heavy atom. The van der Waals surface area contributed by atoms with E-state index in [0.717, 1.165) is 11.6 Å². The van der Waals surface area contributed by atoms with Crippen molar-refractivity contribution in [1.29, 1.82) is 0 Å². The first-order valence-electron chi connectivity index (χ1n) is 4.52. The van der Waals surface area contributed by atoms with Crippen molar-refractivity contribution >= 4 is 22.1 Å². The highest BCUT2D eigenvalue weighted by molar-refractivity contribution is 7.84. The third-order valence-corrected chi connectivity index (χ3v) is 3.66. The van der Waals surface area contributed by atoms with Gasteiger partial charge in [-0.15, -0.1) is 11.3 Å². The average molecular weight is 232 g/mol. The second kappa shape index (κ2) is 5.58. The van der Waals surface area contributed by atoms with Gasteiger partial charge in [-0.05, 0) is 13.8 Å². The smallest absolute Gasteiger partial charge is 0.0897 e. The fraction of sp³-hybridized carbons (Fsp3) is 0.667. The second-order valence-electron chi connectivity index (χ2n) is 3.37. The van der Waals surface area contributed by atoms with Gasteiger partial charge in [0.1, 0.15) is 0 Å². The normalized spacial score (nSPS) is 15.4. The molecule has 0 fully saturated rings. The first kappa shape index (κ1) is 11.8. The SMILES string of the molecule is Cc1ncc(CNC(C)CS(C)=O)s1. The largest absolute Gasteiger partial charge is 0.308 e. The van der Waals surface area contributed by atoms with Crippen molar-refractivity contribution in [1.82, 2.24) is 10.3 Å². The number of rotatable bonds is 5. The lowest BCUT2D eigenvalue weighted by atomic mass is 10.4. The van der Waals surface area contributed by atoms with Crippen LogP contribution in [0.3, 0.4) is 0 Å². The minimum Gasteiger partial charge on any atom is -0.308 e. The molecule has 2 unspecified atom stereocenters. The van der Waals surface area contributed by atoms with Crippen molar-refractivity contribution < 1.29 is 4.21 Å². The molecule has 1 heterocycles. The lowest BCUT2D eigenvalue weighted by Gasteiger charge is -2.10. The predicted molar refractivity (Wildman–Crippen MR) is 62.1 cm³/mol. The topological polar surface area (TPSA) is 42.0 Å². The average Bonchev–Trinajstić information content (AvgIpc) is 2.47. The Morgan fingerprint density at radius 3 is 2.93 bits per heavy atom. The molecule has 0 aliphatic carbocycles. The Hall–Kier alpha value is -0.260. The van der Waals surface area contributed by atoms with Crippen molar-refractivity contribution in [2.24, 2.45) is 0 Å². The molecule has 0 saturated carbocycles. The molecule has 1 aromatic rings. The van der Waals surface area contributed by atoms with Crippen LogP contribution in [0.2, 0.25) is 0 Å². The van der Waals surface area contributed by atoms with E-state index < -0.39 is 10.8 Å². The number of thiazole rings is 1. The molecule has 5 heteroatoms. The van der Waals surface area contributed by atoms with E-state index >= 15 is 0 Å². The van der Waals surface area contributed by atoms with Gasteiger partial charge in [-0.3, -0.25) is 4.21 Å². The summed E-state index contributed by atoms with van der Waals surface area (Å²) in [6.45, 7) is 4.87. The van der Waals surface area contributed by atoms with Crippen molar-refractivity contribution in [2.75, 3.05) is 12.0 Å². The van der Waals surface area contributed by atoms with Crippen molar-refractivity contribution in [3.8, 4) is 0 Å². The number of nitrogens with one attached hydrogen (secondary N) is 1. The van der Waals surface area contributed by atoms with Crippen LogP contribution in [0.5, 0.6) is 0 Å². The molecule has 0 aliphatic heterocycles. The van der Waals surface area contributed by atoms with Gasteiger partial charge in [0, 0.05) is 46.5 Å². The van der Waals surface area contributed by atoms with Crippen LogP contribution in [0.1, 0.15) is 16.8 Å². The zero-order chi connectivity index (χ0) is 10.6. The number of hydrogen-bond acceptors (Lipinski definition) is 4. The fourth-order valence-corrected chi connectivity index (χ4v) is 2.74. The van der Waals surface area contributed by atoms with Crippen LogP contribution in [-0.2, 0) is 17.3 Å². The molecule has 0 amide bonds. The van der Waals surface area contributed by atoms with Crippen molar-refractivity contribution in [3.63, 3.8) is 0 Å². The Balaban J connectivity index is 2.30. The van der Waals surface area contributed by atoms with Gasteiger partial charge in [-0.2, -0.15) is 0 Å². The van der Waals surface area contributed by atoms with Gasteiger partial charge >= 0.3 is 0 Å². The number of aryl methyl sites for hydroxylation is 1. The molecule has 1 aromatic heterocycles. The first-order chi connectivity index (χ1) is 6.58. The van der Waals surface area contributed by atoms with Crippen LogP contribution in [0.25, 0.3) is 0 Å². The maximum atomic E-state index is 10.9. The molecule has 14 heavy (non-hydrogen) atoms. The monoisotopic (exact) mass is 232 g/mol. The predicted octanol–water partition coefficient (Wildman–Crippen LogP) is 1.31. The summed E-state index contributed by atoms with van der Waals surface area (Å²) in [5, 5.41) is 4.41. The maximum Gasteiger partial charge on any atom is 0.0897 e. The van der Waals surface area contributed by atoms with Gasteiger partial charge in [0.25, 0.3) is 0 Å². The summed E-state index contributed by atoms with van der Waals surface area (Å²) in [4.78, 5) is 5.41. The highest BCUT2D eigenvalue weighted by atomic mass is 32.2. The maximum absolute atomic E-state index is 10.9. The zero-order valence-electron chi connectivity index (χ0n) is 8.74. The third kappa shape index (κ3) is 4.30. The summed E-state index contributed by atoms with van der Waals surface area (Å²) in [5.74, 6) is 0.706. The summed E-state index contributed by atoms with van der Waals surface area (Å²) in [6.07, 6.45) is 3.62. The van der Waals surface area contributed by atoms with Gasteiger partial charge < -0.3 is 5.32 Å². The molecule has 0 bridgehead atoms. The minimum absolute atomic E-state index is 0.295. The van der Waals surface area contributed by atoms with E-state index in [0.29, 0.717) is 11.8 Å². The van der Waals surface area contributed by atoms with Crippen LogP contribution in [0, 0.1) is 6.92 Å². The van der Waals surface area contributed by atoms with Gasteiger partial charge in [0.15, 0.2) is 0 Å². The van der Waals surface area contributed by atoms with Gasteiger partial charge in [-0.25, -0.2) is 4.98 Å². The van der Waals surface area contributed by atoms with Crippen LogP contribution >= 0.6 is 11.3 Å².